The first-order valence-corrected chi connectivity index (χ1v) is 21.4. The second-order valence-corrected chi connectivity index (χ2v) is 17.3. The van der Waals surface area contributed by atoms with E-state index in [2.05, 4.69) is 182 Å². The quantitative estimate of drug-likeness (QED) is 0.128. The number of ether oxygens (including phenoxy) is 1. The van der Waals surface area contributed by atoms with Gasteiger partial charge in [0.05, 0.1) is 28.1 Å². The van der Waals surface area contributed by atoms with Crippen LogP contribution in [-0.2, 0) is 5.41 Å². The van der Waals surface area contributed by atoms with Crippen LogP contribution in [0.25, 0.3) is 100 Å². The lowest BCUT2D eigenvalue weighted by Gasteiger charge is -2.21. The molecule has 1 aliphatic rings. The molecule has 0 atom stereocenters. The van der Waals surface area contributed by atoms with Crippen LogP contribution in [0.5, 0.6) is 11.5 Å². The summed E-state index contributed by atoms with van der Waals surface area (Å²) in [7, 11) is 0. The molecule has 300 valence electrons. The van der Waals surface area contributed by atoms with Crippen molar-refractivity contribution in [1.82, 2.24) is 9.55 Å². The van der Waals surface area contributed by atoms with Crippen LogP contribution in [0.3, 0.4) is 0 Å². The van der Waals surface area contributed by atoms with E-state index in [9.17, 15) is 0 Å². The zero-order valence-electron chi connectivity index (χ0n) is 35.1. The summed E-state index contributed by atoms with van der Waals surface area (Å²) >= 11 is 0. The first kappa shape index (κ1) is 36.8. The van der Waals surface area contributed by atoms with Crippen molar-refractivity contribution in [3.05, 3.63) is 206 Å². The Morgan fingerprint density at radius 1 is 0.508 bits per heavy atom. The number of benzene rings is 8. The summed E-state index contributed by atoms with van der Waals surface area (Å²) in [6, 6.07) is 66.3. The number of rotatable bonds is 5. The van der Waals surface area contributed by atoms with Gasteiger partial charge in [0.15, 0.2) is 0 Å². The highest BCUT2D eigenvalue weighted by Gasteiger charge is 2.27. The third-order valence-corrected chi connectivity index (χ3v) is 12.4. The van der Waals surface area contributed by atoms with Gasteiger partial charge in [-0.1, -0.05) is 154 Å². The van der Waals surface area contributed by atoms with Crippen molar-refractivity contribution in [2.75, 3.05) is 0 Å². The van der Waals surface area contributed by atoms with Gasteiger partial charge >= 0.3 is 0 Å². The van der Waals surface area contributed by atoms with E-state index < -0.39 is 0 Å². The molecule has 0 unspecified atom stereocenters. The maximum Gasteiger partial charge on any atom is 0.269 e. The molecule has 5 heteroatoms. The molecule has 12 rings (SSSR count). The Hall–Kier alpha value is -8.02. The molecule has 0 aliphatic carbocycles. The zero-order valence-corrected chi connectivity index (χ0v) is 35.1. The summed E-state index contributed by atoms with van der Waals surface area (Å²) < 4.78 is 17.3. The predicted octanol–water partition coefficient (Wildman–Crippen LogP) is 14.7. The molecule has 0 radical (unpaired) electrons. The number of para-hydroxylation sites is 3. The molecule has 4 heterocycles. The van der Waals surface area contributed by atoms with Crippen LogP contribution in [0, 0.1) is 6.33 Å². The minimum absolute atomic E-state index is 0.0286. The van der Waals surface area contributed by atoms with Crippen molar-refractivity contribution >= 4 is 33.0 Å². The number of furan rings is 1. The topological polar surface area (TPSA) is 44.1 Å². The fourth-order valence-corrected chi connectivity index (χ4v) is 9.43. The van der Waals surface area contributed by atoms with Crippen LogP contribution in [0.4, 0.5) is 0 Å². The standard InChI is InChI=1S/C58H41N3O2/c1-58(2,3)37-31-32-59-52(33-37)46-22-9-8-21-45(46)50-25-13-24-49-43-19-6-4-17-41(43)42-18-5-7-20-44(42)51-26-14-27-53-57(51)61(56(49)50)36-60(53)38-15-12-16-39(34-38)62-40-29-30-48-47-23-10-11-28-54(47)63-55(48)35-40/h4-35H,1-3H3. The van der Waals surface area contributed by atoms with Crippen molar-refractivity contribution < 1.29 is 13.7 Å². The summed E-state index contributed by atoms with van der Waals surface area (Å²) in [6.07, 6.45) is 5.88. The molecule has 5 nitrogen and oxygen atoms in total. The summed E-state index contributed by atoms with van der Waals surface area (Å²) in [4.78, 5) is 4.98. The number of pyridine rings is 1. The average Bonchev–Trinajstić information content (AvgIpc) is 3.90. The van der Waals surface area contributed by atoms with Gasteiger partial charge in [0.2, 0.25) is 0 Å². The summed E-state index contributed by atoms with van der Waals surface area (Å²) in [6.45, 7) is 6.75. The van der Waals surface area contributed by atoms with E-state index in [-0.39, 0.29) is 5.41 Å². The van der Waals surface area contributed by atoms with Crippen LogP contribution in [0.1, 0.15) is 26.3 Å². The Morgan fingerprint density at radius 3 is 1.83 bits per heavy atom. The molecule has 0 fully saturated rings. The van der Waals surface area contributed by atoms with Crippen molar-refractivity contribution in [2.45, 2.75) is 26.2 Å². The molecule has 3 aromatic heterocycles. The maximum absolute atomic E-state index is 6.59. The number of imidazole rings is 1. The Balaban J connectivity index is 1.09. The van der Waals surface area contributed by atoms with Crippen molar-refractivity contribution in [1.29, 1.82) is 0 Å². The minimum atomic E-state index is -0.0286. The maximum atomic E-state index is 6.59. The second kappa shape index (κ2) is 14.3. The molecule has 11 aromatic rings. The second-order valence-electron chi connectivity index (χ2n) is 17.3. The monoisotopic (exact) mass is 811 g/mol. The fraction of sp³-hybridized carbons (Fsp3) is 0.0690. The summed E-state index contributed by atoms with van der Waals surface area (Å²) in [5, 5.41) is 2.16. The van der Waals surface area contributed by atoms with Crippen LogP contribution >= 0.6 is 0 Å². The Bertz CT molecular complexity index is 3600. The predicted molar refractivity (Wildman–Crippen MR) is 255 cm³/mol. The SMILES string of the molecule is CC(C)(C)c1ccnc(-c2ccccc2-c2cccc3c2-[n+]2[c-]n(-c4cccc(Oc5ccc6c(c5)oc5ccccc56)c4)c4cccc(c42)-c2ccccc2-c2ccccc2-3)c1. The average molecular weight is 812 g/mol. The smallest absolute Gasteiger partial charge is 0.269 e. The van der Waals surface area contributed by atoms with Gasteiger partial charge in [-0.15, -0.1) is 0 Å². The van der Waals surface area contributed by atoms with Crippen LogP contribution in [-0.4, -0.2) is 9.55 Å². The number of fused-ring (bicyclic) bond motifs is 10. The molecule has 0 spiro atoms. The highest BCUT2D eigenvalue weighted by molar-refractivity contribution is 6.05. The third kappa shape index (κ3) is 6.07. The van der Waals surface area contributed by atoms with Gasteiger partial charge < -0.3 is 9.15 Å². The molecule has 63 heavy (non-hydrogen) atoms. The van der Waals surface area contributed by atoms with Gasteiger partial charge in [0.1, 0.15) is 22.7 Å². The molecule has 0 N–H and O–H groups in total. The Morgan fingerprint density at radius 2 is 1.08 bits per heavy atom. The summed E-state index contributed by atoms with van der Waals surface area (Å²) in [5.74, 6) is 1.41. The van der Waals surface area contributed by atoms with Crippen molar-refractivity contribution in [3.63, 3.8) is 0 Å². The molecular weight excluding hydrogens is 771 g/mol. The lowest BCUT2D eigenvalue weighted by atomic mass is 9.85. The highest BCUT2D eigenvalue weighted by atomic mass is 16.5. The van der Waals surface area contributed by atoms with Crippen LogP contribution in [0.15, 0.2) is 199 Å². The van der Waals surface area contributed by atoms with Crippen LogP contribution < -0.4 is 9.30 Å². The van der Waals surface area contributed by atoms with Gasteiger partial charge in [-0.25, -0.2) is 0 Å². The number of hydrogen-bond acceptors (Lipinski definition) is 3. The van der Waals surface area contributed by atoms with E-state index in [1.54, 1.807) is 0 Å². The Labute approximate surface area is 365 Å². The molecule has 0 amide bonds. The summed E-state index contributed by atoms with van der Waals surface area (Å²) in [5.41, 5.74) is 18.0. The van der Waals surface area contributed by atoms with Crippen molar-refractivity contribution in [3.8, 4) is 78.6 Å². The minimum Gasteiger partial charge on any atom is -0.458 e. The number of hydrogen-bond donors (Lipinski definition) is 0. The highest BCUT2D eigenvalue weighted by Crippen LogP contribution is 2.46. The molecular formula is C58H41N3O2. The lowest BCUT2D eigenvalue weighted by molar-refractivity contribution is -0.570. The van der Waals surface area contributed by atoms with E-state index in [1.165, 1.54) is 16.7 Å². The normalized spacial score (nSPS) is 12.0. The fourth-order valence-electron chi connectivity index (χ4n) is 9.43. The van der Waals surface area contributed by atoms with Gasteiger partial charge in [0, 0.05) is 28.6 Å². The molecule has 0 saturated carbocycles. The van der Waals surface area contributed by atoms with E-state index in [4.69, 9.17) is 14.1 Å². The molecule has 0 saturated heterocycles. The lowest BCUT2D eigenvalue weighted by Crippen LogP contribution is -2.32. The first-order valence-electron chi connectivity index (χ1n) is 21.4. The largest absolute Gasteiger partial charge is 0.458 e. The van der Waals surface area contributed by atoms with Gasteiger partial charge in [-0.05, 0) is 104 Å². The van der Waals surface area contributed by atoms with Gasteiger partial charge in [-0.3, -0.25) is 14.1 Å². The van der Waals surface area contributed by atoms with E-state index in [1.807, 2.05) is 48.7 Å². The van der Waals surface area contributed by atoms with Gasteiger partial charge in [-0.2, -0.15) is 0 Å². The van der Waals surface area contributed by atoms with E-state index >= 15 is 0 Å². The first-order chi connectivity index (χ1) is 30.9. The number of aromatic nitrogens is 3. The van der Waals surface area contributed by atoms with Crippen LogP contribution in [0.2, 0.25) is 0 Å². The molecule has 0 bridgehead atoms. The third-order valence-electron chi connectivity index (χ3n) is 12.4. The molecule has 8 aromatic carbocycles. The number of nitrogens with zero attached hydrogens (tertiary/aromatic N) is 3. The zero-order chi connectivity index (χ0) is 42.2. The Kier molecular flexibility index (Phi) is 8.35. The van der Waals surface area contributed by atoms with E-state index in [0.29, 0.717) is 11.5 Å². The van der Waals surface area contributed by atoms with Gasteiger partial charge in [0.25, 0.3) is 6.33 Å². The molecule has 1 aliphatic heterocycles. The van der Waals surface area contributed by atoms with E-state index in [0.717, 1.165) is 89.0 Å². The van der Waals surface area contributed by atoms with Crippen molar-refractivity contribution in [2.24, 2.45) is 0 Å².